The summed E-state index contributed by atoms with van der Waals surface area (Å²) in [5, 5.41) is -0.510. The zero-order valence-corrected chi connectivity index (χ0v) is 5.40. The van der Waals surface area contributed by atoms with Gasteiger partial charge in [0.2, 0.25) is 5.24 Å². The first-order valence-electron chi connectivity index (χ1n) is 2.32. The van der Waals surface area contributed by atoms with E-state index in [-0.39, 0.29) is 0 Å². The Bertz CT molecular complexity index is 120. The van der Waals surface area contributed by atoms with Crippen molar-refractivity contribution in [1.82, 2.24) is 0 Å². The molecule has 0 rings (SSSR count). The number of hydrogen-bond donors (Lipinski definition) is 1. The van der Waals surface area contributed by atoms with Gasteiger partial charge in [0.15, 0.2) is 0 Å². The van der Waals surface area contributed by atoms with Crippen LogP contribution in [0.15, 0.2) is 11.8 Å². The minimum absolute atomic E-state index is 0.510. The van der Waals surface area contributed by atoms with Crippen LogP contribution in [0.25, 0.3) is 0 Å². The van der Waals surface area contributed by atoms with Crippen LogP contribution in [0, 0.1) is 0 Å². The van der Waals surface area contributed by atoms with Crippen molar-refractivity contribution in [2.45, 2.75) is 13.3 Å². The predicted octanol–water partition coefficient (Wildman–Crippen LogP) is 1.00. The third-order valence-electron chi connectivity index (χ3n) is 0.707. The first-order chi connectivity index (χ1) is 3.66. The van der Waals surface area contributed by atoms with E-state index in [1.54, 1.807) is 0 Å². The van der Waals surface area contributed by atoms with E-state index in [4.69, 9.17) is 17.3 Å². The lowest BCUT2D eigenvalue weighted by Crippen LogP contribution is -1.96. The van der Waals surface area contributed by atoms with Crippen LogP contribution in [-0.4, -0.2) is 5.24 Å². The van der Waals surface area contributed by atoms with Crippen LogP contribution in [0.3, 0.4) is 0 Å². The fourth-order valence-electron chi connectivity index (χ4n) is 0.248. The van der Waals surface area contributed by atoms with Crippen molar-refractivity contribution in [2.24, 2.45) is 5.73 Å². The Kier molecular flexibility index (Phi) is 3.28. The van der Waals surface area contributed by atoms with Gasteiger partial charge in [0.25, 0.3) is 0 Å². The highest BCUT2D eigenvalue weighted by Crippen LogP contribution is 1.91. The second-order valence-electron chi connectivity index (χ2n) is 1.38. The molecule has 0 saturated carbocycles. The molecule has 0 aromatic heterocycles. The molecule has 0 atom stereocenters. The fourth-order valence-corrected chi connectivity index (χ4v) is 0.388. The second kappa shape index (κ2) is 3.50. The molecule has 0 aliphatic rings. The quantitative estimate of drug-likeness (QED) is 0.451. The molecule has 0 spiro atoms. The van der Waals surface area contributed by atoms with Crippen molar-refractivity contribution in [2.75, 3.05) is 0 Å². The molecule has 0 bridgehead atoms. The number of hydrogen-bond acceptors (Lipinski definition) is 2. The van der Waals surface area contributed by atoms with E-state index in [9.17, 15) is 4.79 Å². The molecular formula is C5H8ClNO. The Morgan fingerprint density at radius 3 is 2.50 bits per heavy atom. The van der Waals surface area contributed by atoms with Crippen LogP contribution < -0.4 is 5.73 Å². The van der Waals surface area contributed by atoms with Gasteiger partial charge in [-0.15, -0.1) is 0 Å². The first kappa shape index (κ1) is 7.50. The number of rotatable bonds is 2. The maximum absolute atomic E-state index is 10.0. The van der Waals surface area contributed by atoms with E-state index < -0.39 is 5.24 Å². The Hall–Kier alpha value is -0.500. The van der Waals surface area contributed by atoms with E-state index in [2.05, 4.69) is 0 Å². The Labute approximate surface area is 53.3 Å². The van der Waals surface area contributed by atoms with Crippen LogP contribution in [0.1, 0.15) is 13.3 Å². The van der Waals surface area contributed by atoms with Gasteiger partial charge >= 0.3 is 0 Å². The molecule has 0 amide bonds. The molecule has 8 heavy (non-hydrogen) atoms. The average Bonchev–Trinajstić information content (AvgIpc) is 1.65. The summed E-state index contributed by atoms with van der Waals surface area (Å²) in [6.07, 6.45) is 1.88. The highest BCUT2D eigenvalue weighted by molar-refractivity contribution is 6.66. The van der Waals surface area contributed by atoms with Crippen molar-refractivity contribution in [1.29, 1.82) is 0 Å². The topological polar surface area (TPSA) is 43.1 Å². The van der Waals surface area contributed by atoms with Crippen LogP contribution in [0.2, 0.25) is 0 Å². The zero-order chi connectivity index (χ0) is 6.57. The highest BCUT2D eigenvalue weighted by Gasteiger charge is 1.88. The molecule has 0 fully saturated rings. The smallest absolute Gasteiger partial charge is 0.246 e. The Morgan fingerprint density at radius 2 is 2.38 bits per heavy atom. The Morgan fingerprint density at radius 1 is 1.88 bits per heavy atom. The number of carbonyl (C=O) groups is 1. The lowest BCUT2D eigenvalue weighted by Gasteiger charge is -1.88. The molecule has 0 aromatic carbocycles. The molecule has 0 saturated heterocycles. The second-order valence-corrected chi connectivity index (χ2v) is 1.75. The van der Waals surface area contributed by atoms with Gasteiger partial charge in [-0.2, -0.15) is 0 Å². The molecule has 0 aromatic rings. The molecule has 0 heterocycles. The van der Waals surface area contributed by atoms with Gasteiger partial charge in [-0.1, -0.05) is 6.92 Å². The maximum atomic E-state index is 10.0. The minimum Gasteiger partial charge on any atom is -0.402 e. The van der Waals surface area contributed by atoms with Gasteiger partial charge in [0, 0.05) is 11.8 Å². The summed E-state index contributed by atoms with van der Waals surface area (Å²) < 4.78 is 0. The van der Waals surface area contributed by atoms with Crippen molar-refractivity contribution in [3.05, 3.63) is 11.8 Å². The van der Waals surface area contributed by atoms with Crippen molar-refractivity contribution < 1.29 is 4.79 Å². The summed E-state index contributed by atoms with van der Waals surface area (Å²) in [4.78, 5) is 10.0. The van der Waals surface area contributed by atoms with E-state index in [1.165, 1.54) is 6.08 Å². The molecule has 3 heteroatoms. The first-order valence-corrected chi connectivity index (χ1v) is 2.70. The normalized spacial score (nSPS) is 11.5. The molecule has 2 N–H and O–H groups in total. The predicted molar refractivity (Wildman–Crippen MR) is 33.4 cm³/mol. The number of carbonyl (C=O) groups excluding carboxylic acids is 1. The molecule has 0 aliphatic carbocycles. The molecule has 2 nitrogen and oxygen atoms in total. The SMILES string of the molecule is CCC(N)=CC(=O)Cl. The van der Waals surface area contributed by atoms with Gasteiger partial charge < -0.3 is 5.73 Å². The third-order valence-corrected chi connectivity index (χ3v) is 0.816. The van der Waals surface area contributed by atoms with E-state index in [1.807, 2.05) is 6.92 Å². The maximum Gasteiger partial charge on any atom is 0.246 e. The molecular weight excluding hydrogens is 126 g/mol. The van der Waals surface area contributed by atoms with Crippen molar-refractivity contribution >= 4 is 16.8 Å². The highest BCUT2D eigenvalue weighted by atomic mass is 35.5. The summed E-state index contributed by atoms with van der Waals surface area (Å²) in [5.41, 5.74) is 5.75. The van der Waals surface area contributed by atoms with E-state index >= 15 is 0 Å². The number of nitrogens with two attached hydrogens (primary N) is 1. The molecule has 0 radical (unpaired) electrons. The standard InChI is InChI=1S/C5H8ClNO/c1-2-4(7)3-5(6)8/h3H,2,7H2,1H3. The third kappa shape index (κ3) is 3.68. The summed E-state index contributed by atoms with van der Waals surface area (Å²) in [6, 6.07) is 0. The lowest BCUT2D eigenvalue weighted by atomic mass is 10.3. The van der Waals surface area contributed by atoms with Gasteiger partial charge in [0.1, 0.15) is 0 Å². The summed E-state index contributed by atoms with van der Waals surface area (Å²) in [7, 11) is 0. The molecule has 0 unspecified atom stereocenters. The number of allylic oxidation sites excluding steroid dienone is 2. The molecule has 0 aliphatic heterocycles. The van der Waals surface area contributed by atoms with E-state index in [0.29, 0.717) is 12.1 Å². The Balaban J connectivity index is 3.75. The average molecular weight is 134 g/mol. The van der Waals surface area contributed by atoms with Gasteiger partial charge in [-0.25, -0.2) is 0 Å². The van der Waals surface area contributed by atoms with E-state index in [0.717, 1.165) is 0 Å². The van der Waals surface area contributed by atoms with Crippen LogP contribution >= 0.6 is 11.6 Å². The molecule has 46 valence electrons. The van der Waals surface area contributed by atoms with Crippen molar-refractivity contribution in [3.8, 4) is 0 Å². The zero-order valence-electron chi connectivity index (χ0n) is 4.65. The van der Waals surface area contributed by atoms with Gasteiger partial charge in [-0.05, 0) is 18.0 Å². The largest absolute Gasteiger partial charge is 0.402 e. The summed E-state index contributed by atoms with van der Waals surface area (Å²) in [5.74, 6) is 0. The fraction of sp³-hybridized carbons (Fsp3) is 0.400. The van der Waals surface area contributed by atoms with Crippen LogP contribution in [-0.2, 0) is 4.79 Å². The lowest BCUT2D eigenvalue weighted by molar-refractivity contribution is -0.107. The summed E-state index contributed by atoms with van der Waals surface area (Å²) >= 11 is 4.96. The van der Waals surface area contributed by atoms with Gasteiger partial charge in [0.05, 0.1) is 0 Å². The van der Waals surface area contributed by atoms with Crippen LogP contribution in [0.5, 0.6) is 0 Å². The van der Waals surface area contributed by atoms with Crippen molar-refractivity contribution in [3.63, 3.8) is 0 Å². The van der Waals surface area contributed by atoms with Crippen LogP contribution in [0.4, 0.5) is 0 Å². The monoisotopic (exact) mass is 133 g/mol. The summed E-state index contributed by atoms with van der Waals surface area (Å²) in [6.45, 7) is 1.85. The van der Waals surface area contributed by atoms with Gasteiger partial charge in [-0.3, -0.25) is 4.79 Å². The minimum atomic E-state index is -0.510. The number of halogens is 1.